The van der Waals surface area contributed by atoms with Crippen molar-refractivity contribution in [3.63, 3.8) is 0 Å². The predicted octanol–water partition coefficient (Wildman–Crippen LogP) is 4.81. The Hall–Kier alpha value is -3.20. The van der Waals surface area contributed by atoms with Crippen molar-refractivity contribution in [2.24, 2.45) is 0 Å². The Morgan fingerprint density at radius 2 is 1.26 bits per heavy atom. The molecule has 4 rings (SSSR count). The van der Waals surface area contributed by atoms with Gasteiger partial charge in [-0.05, 0) is 17.2 Å². The molecule has 0 aliphatic heterocycles. The number of nitrogens with zero attached hydrogens (tertiary/aromatic N) is 2. The summed E-state index contributed by atoms with van der Waals surface area (Å²) in [5.41, 5.74) is 5.44. The van der Waals surface area contributed by atoms with E-state index in [4.69, 9.17) is 0 Å². The molecule has 0 saturated heterocycles. The van der Waals surface area contributed by atoms with Crippen molar-refractivity contribution in [1.82, 2.24) is 15.0 Å². The van der Waals surface area contributed by atoms with Gasteiger partial charge in [0.25, 0.3) is 0 Å². The lowest BCUT2D eigenvalue weighted by Gasteiger charge is -2.07. The summed E-state index contributed by atoms with van der Waals surface area (Å²) in [6.45, 7) is 0. The van der Waals surface area contributed by atoms with Crippen LogP contribution in [-0.2, 0) is 0 Å². The first-order valence-corrected chi connectivity index (χ1v) is 7.53. The molecule has 0 fully saturated rings. The number of aromatic amines is 1. The lowest BCUT2D eigenvalue weighted by Crippen LogP contribution is -1.90. The minimum absolute atomic E-state index is 0.728. The molecule has 0 spiro atoms. The number of nitrogens with one attached hydrogen (secondary N) is 1. The van der Waals surface area contributed by atoms with Crippen molar-refractivity contribution in [3.8, 4) is 33.8 Å². The maximum absolute atomic E-state index is 4.46. The van der Waals surface area contributed by atoms with Gasteiger partial charge in [-0.2, -0.15) is 0 Å². The highest BCUT2D eigenvalue weighted by atomic mass is 14.9. The lowest BCUT2D eigenvalue weighted by atomic mass is 9.99. The standard InChI is InChI=1S/C20H15N3/c1-3-8-15(9-4-1)17-14-23-19(16-10-5-2-6-11-16)18(17)20-21-12-7-13-22-20/h1-14,23H. The van der Waals surface area contributed by atoms with Crippen LogP contribution in [0.3, 0.4) is 0 Å². The first-order chi connectivity index (χ1) is 11.4. The highest BCUT2D eigenvalue weighted by Crippen LogP contribution is 2.37. The number of rotatable bonds is 3. The molecule has 0 unspecified atom stereocenters. The maximum atomic E-state index is 4.46. The van der Waals surface area contributed by atoms with Crippen LogP contribution in [0.5, 0.6) is 0 Å². The second kappa shape index (κ2) is 5.89. The molecule has 0 aliphatic carbocycles. The smallest absolute Gasteiger partial charge is 0.161 e. The van der Waals surface area contributed by atoms with E-state index >= 15 is 0 Å². The quantitative estimate of drug-likeness (QED) is 0.590. The molecule has 2 aromatic heterocycles. The van der Waals surface area contributed by atoms with Crippen LogP contribution in [0.4, 0.5) is 0 Å². The summed E-state index contributed by atoms with van der Waals surface area (Å²) in [7, 11) is 0. The van der Waals surface area contributed by atoms with Gasteiger partial charge in [-0.1, -0.05) is 60.7 Å². The Morgan fingerprint density at radius 1 is 0.652 bits per heavy atom. The average Bonchev–Trinajstić information content (AvgIpc) is 3.09. The van der Waals surface area contributed by atoms with Crippen molar-refractivity contribution in [2.75, 3.05) is 0 Å². The molecule has 4 aromatic rings. The second-order valence-corrected chi connectivity index (χ2v) is 5.26. The molecule has 3 nitrogen and oxygen atoms in total. The Bertz CT molecular complexity index is 841. The van der Waals surface area contributed by atoms with E-state index in [1.54, 1.807) is 12.4 Å². The van der Waals surface area contributed by atoms with Crippen molar-refractivity contribution >= 4 is 0 Å². The van der Waals surface area contributed by atoms with Crippen LogP contribution in [0.1, 0.15) is 0 Å². The Morgan fingerprint density at radius 3 is 1.91 bits per heavy atom. The third kappa shape index (κ3) is 2.53. The van der Waals surface area contributed by atoms with Crippen LogP contribution in [0.2, 0.25) is 0 Å². The van der Waals surface area contributed by atoms with Crippen LogP contribution >= 0.6 is 0 Å². The van der Waals surface area contributed by atoms with Crippen LogP contribution in [0.15, 0.2) is 85.3 Å². The van der Waals surface area contributed by atoms with Gasteiger partial charge in [0, 0.05) is 24.2 Å². The van der Waals surface area contributed by atoms with Crippen LogP contribution in [0.25, 0.3) is 33.8 Å². The number of benzene rings is 2. The minimum atomic E-state index is 0.728. The van der Waals surface area contributed by atoms with E-state index < -0.39 is 0 Å². The molecule has 2 heterocycles. The molecule has 0 aliphatic rings. The van der Waals surface area contributed by atoms with Crippen molar-refractivity contribution in [2.45, 2.75) is 0 Å². The van der Waals surface area contributed by atoms with Gasteiger partial charge in [0.2, 0.25) is 0 Å². The van der Waals surface area contributed by atoms with Gasteiger partial charge in [0.05, 0.1) is 11.3 Å². The van der Waals surface area contributed by atoms with Gasteiger partial charge in [0.1, 0.15) is 0 Å². The van der Waals surface area contributed by atoms with E-state index in [1.165, 1.54) is 0 Å². The molecule has 1 N–H and O–H groups in total. The topological polar surface area (TPSA) is 41.6 Å². The molecule has 0 radical (unpaired) electrons. The van der Waals surface area contributed by atoms with Crippen LogP contribution in [0, 0.1) is 0 Å². The molecule has 0 atom stereocenters. The summed E-state index contributed by atoms with van der Waals surface area (Å²) in [6, 6.07) is 22.4. The molecule has 2 aromatic carbocycles. The normalized spacial score (nSPS) is 10.6. The summed E-state index contributed by atoms with van der Waals surface area (Å²) in [6.07, 6.45) is 5.58. The van der Waals surface area contributed by atoms with Crippen molar-refractivity contribution < 1.29 is 0 Å². The highest BCUT2D eigenvalue weighted by Gasteiger charge is 2.17. The van der Waals surface area contributed by atoms with Crippen LogP contribution in [-0.4, -0.2) is 15.0 Å². The molecule has 110 valence electrons. The van der Waals surface area contributed by atoms with Gasteiger partial charge in [-0.25, -0.2) is 9.97 Å². The third-order valence-corrected chi connectivity index (χ3v) is 3.82. The monoisotopic (exact) mass is 297 g/mol. The summed E-state index contributed by atoms with van der Waals surface area (Å²) in [4.78, 5) is 12.3. The fourth-order valence-corrected chi connectivity index (χ4v) is 2.76. The number of H-pyrrole nitrogens is 1. The van der Waals surface area contributed by atoms with Gasteiger partial charge in [-0.15, -0.1) is 0 Å². The third-order valence-electron chi connectivity index (χ3n) is 3.82. The predicted molar refractivity (Wildman–Crippen MR) is 92.7 cm³/mol. The fraction of sp³-hybridized carbons (Fsp3) is 0. The zero-order valence-electron chi connectivity index (χ0n) is 12.5. The summed E-state index contributed by atoms with van der Waals surface area (Å²) >= 11 is 0. The van der Waals surface area contributed by atoms with E-state index in [0.717, 1.165) is 33.8 Å². The van der Waals surface area contributed by atoms with Gasteiger partial charge >= 0.3 is 0 Å². The minimum Gasteiger partial charge on any atom is -0.360 e. The summed E-state index contributed by atoms with van der Waals surface area (Å²) in [5, 5.41) is 0. The molecule has 0 bridgehead atoms. The number of hydrogen-bond donors (Lipinski definition) is 1. The first kappa shape index (κ1) is 13.5. The number of aromatic nitrogens is 3. The van der Waals surface area contributed by atoms with E-state index in [2.05, 4.69) is 39.2 Å². The summed E-state index contributed by atoms with van der Waals surface area (Å²) < 4.78 is 0. The Balaban J connectivity index is 1.97. The fourth-order valence-electron chi connectivity index (χ4n) is 2.76. The average molecular weight is 297 g/mol. The number of hydrogen-bond acceptors (Lipinski definition) is 2. The van der Waals surface area contributed by atoms with Crippen LogP contribution < -0.4 is 0 Å². The summed E-state index contributed by atoms with van der Waals surface area (Å²) in [5.74, 6) is 0.728. The molecule has 23 heavy (non-hydrogen) atoms. The largest absolute Gasteiger partial charge is 0.360 e. The van der Waals surface area contributed by atoms with E-state index in [0.29, 0.717) is 0 Å². The van der Waals surface area contributed by atoms with E-state index in [9.17, 15) is 0 Å². The Kier molecular flexibility index (Phi) is 3.45. The van der Waals surface area contributed by atoms with Gasteiger partial charge in [-0.3, -0.25) is 0 Å². The van der Waals surface area contributed by atoms with Crippen molar-refractivity contribution in [3.05, 3.63) is 85.3 Å². The van der Waals surface area contributed by atoms with Crippen molar-refractivity contribution in [1.29, 1.82) is 0 Å². The second-order valence-electron chi connectivity index (χ2n) is 5.26. The molecular weight excluding hydrogens is 282 g/mol. The zero-order valence-corrected chi connectivity index (χ0v) is 12.5. The zero-order chi connectivity index (χ0) is 15.5. The van der Waals surface area contributed by atoms with Gasteiger partial charge in [0.15, 0.2) is 5.82 Å². The maximum Gasteiger partial charge on any atom is 0.161 e. The van der Waals surface area contributed by atoms with E-state index in [1.807, 2.05) is 48.7 Å². The SMILES string of the molecule is c1ccc(-c2c[nH]c(-c3ccccc3)c2-c2ncccn2)cc1. The van der Waals surface area contributed by atoms with Gasteiger partial charge < -0.3 is 4.98 Å². The molecule has 3 heteroatoms. The molecule has 0 amide bonds. The molecular formula is C20H15N3. The van der Waals surface area contributed by atoms with E-state index in [-0.39, 0.29) is 0 Å². The highest BCUT2D eigenvalue weighted by molar-refractivity contribution is 5.91. The lowest BCUT2D eigenvalue weighted by molar-refractivity contribution is 1.18. The first-order valence-electron chi connectivity index (χ1n) is 7.53. The Labute approximate surface area is 134 Å². The molecule has 0 saturated carbocycles.